The van der Waals surface area contributed by atoms with Crippen molar-refractivity contribution in [2.75, 3.05) is 47.3 Å². The lowest BCUT2D eigenvalue weighted by Crippen LogP contribution is -2.45. The summed E-state index contributed by atoms with van der Waals surface area (Å²) in [6.07, 6.45) is 3.73. The molecule has 124 valence electrons. The lowest BCUT2D eigenvalue weighted by Gasteiger charge is -2.35. The standard InChI is InChI=1S/C16H34N4O/c1-16(2,17)9-6-15(21)20(5)13-12-19(4)14-7-10-18(3)11-8-14/h14H,6-13,17H2,1-5H3. The molecule has 0 aromatic heterocycles. The number of hydrogen-bond donors (Lipinski definition) is 1. The average molecular weight is 298 g/mol. The fourth-order valence-corrected chi connectivity index (χ4v) is 2.67. The molecule has 0 bridgehead atoms. The van der Waals surface area contributed by atoms with Crippen LogP contribution in [0, 0.1) is 0 Å². The van der Waals surface area contributed by atoms with E-state index in [0.29, 0.717) is 12.5 Å². The molecule has 1 aliphatic rings. The summed E-state index contributed by atoms with van der Waals surface area (Å²) in [6.45, 7) is 8.03. The maximum atomic E-state index is 12.1. The molecule has 5 heteroatoms. The first-order valence-corrected chi connectivity index (χ1v) is 8.10. The highest BCUT2D eigenvalue weighted by molar-refractivity contribution is 5.75. The van der Waals surface area contributed by atoms with Gasteiger partial charge >= 0.3 is 0 Å². The lowest BCUT2D eigenvalue weighted by atomic mass is 10.00. The van der Waals surface area contributed by atoms with Crippen LogP contribution in [0.3, 0.4) is 0 Å². The third-order valence-electron chi connectivity index (χ3n) is 4.51. The number of nitrogens with two attached hydrogens (primary N) is 1. The van der Waals surface area contributed by atoms with Gasteiger partial charge in [0.05, 0.1) is 0 Å². The van der Waals surface area contributed by atoms with Crippen LogP contribution < -0.4 is 5.73 Å². The molecule has 0 aliphatic carbocycles. The molecule has 1 amide bonds. The van der Waals surface area contributed by atoms with E-state index < -0.39 is 0 Å². The molecule has 1 rings (SSSR count). The van der Waals surface area contributed by atoms with Gasteiger partial charge in [0.2, 0.25) is 5.91 Å². The molecule has 1 aliphatic heterocycles. The van der Waals surface area contributed by atoms with Gasteiger partial charge in [-0.1, -0.05) is 0 Å². The van der Waals surface area contributed by atoms with Crippen LogP contribution >= 0.6 is 0 Å². The van der Waals surface area contributed by atoms with E-state index in [4.69, 9.17) is 5.73 Å². The number of rotatable bonds is 7. The van der Waals surface area contributed by atoms with E-state index in [-0.39, 0.29) is 11.4 Å². The van der Waals surface area contributed by atoms with Crippen molar-refractivity contribution >= 4 is 5.91 Å². The summed E-state index contributed by atoms with van der Waals surface area (Å²) in [5.41, 5.74) is 5.67. The molecule has 0 spiro atoms. The number of carbonyl (C=O) groups is 1. The maximum Gasteiger partial charge on any atom is 0.222 e. The van der Waals surface area contributed by atoms with E-state index >= 15 is 0 Å². The third-order valence-corrected chi connectivity index (χ3v) is 4.51. The van der Waals surface area contributed by atoms with E-state index in [9.17, 15) is 4.79 Å². The minimum atomic E-state index is -0.262. The Morgan fingerprint density at radius 1 is 1.24 bits per heavy atom. The first-order valence-electron chi connectivity index (χ1n) is 8.10. The van der Waals surface area contributed by atoms with Crippen molar-refractivity contribution in [3.63, 3.8) is 0 Å². The van der Waals surface area contributed by atoms with Gasteiger partial charge in [-0.3, -0.25) is 4.79 Å². The number of hydrogen-bond acceptors (Lipinski definition) is 4. The summed E-state index contributed by atoms with van der Waals surface area (Å²) in [4.78, 5) is 18.7. The van der Waals surface area contributed by atoms with Crippen LogP contribution in [0.5, 0.6) is 0 Å². The van der Waals surface area contributed by atoms with Crippen LogP contribution in [0.1, 0.15) is 39.5 Å². The van der Waals surface area contributed by atoms with E-state index in [1.165, 1.54) is 25.9 Å². The van der Waals surface area contributed by atoms with Crippen LogP contribution in [0.15, 0.2) is 0 Å². The summed E-state index contributed by atoms with van der Waals surface area (Å²) >= 11 is 0. The van der Waals surface area contributed by atoms with Gasteiger partial charge < -0.3 is 20.4 Å². The molecular formula is C16H34N4O. The zero-order chi connectivity index (χ0) is 16.0. The monoisotopic (exact) mass is 298 g/mol. The normalized spacial score (nSPS) is 18.2. The summed E-state index contributed by atoms with van der Waals surface area (Å²) in [7, 11) is 6.26. The molecule has 0 radical (unpaired) electrons. The summed E-state index contributed by atoms with van der Waals surface area (Å²) in [5.74, 6) is 0.199. The third kappa shape index (κ3) is 7.25. The Hall–Kier alpha value is -0.650. The van der Waals surface area contributed by atoms with Crippen LogP contribution in [-0.2, 0) is 4.79 Å². The molecule has 0 saturated carbocycles. The quantitative estimate of drug-likeness (QED) is 0.761. The van der Waals surface area contributed by atoms with E-state index in [1.807, 2.05) is 25.8 Å². The first-order chi connectivity index (χ1) is 9.69. The fourth-order valence-electron chi connectivity index (χ4n) is 2.67. The molecule has 0 aromatic rings. The molecule has 1 heterocycles. The topological polar surface area (TPSA) is 52.8 Å². The fraction of sp³-hybridized carbons (Fsp3) is 0.938. The number of piperidine rings is 1. The van der Waals surface area contributed by atoms with Crippen molar-refractivity contribution in [1.82, 2.24) is 14.7 Å². The van der Waals surface area contributed by atoms with E-state index in [0.717, 1.165) is 19.5 Å². The van der Waals surface area contributed by atoms with Crippen LogP contribution in [-0.4, -0.2) is 79.5 Å². The summed E-state index contributed by atoms with van der Waals surface area (Å²) in [6, 6.07) is 0.660. The lowest BCUT2D eigenvalue weighted by molar-refractivity contribution is -0.130. The second-order valence-electron chi connectivity index (χ2n) is 7.32. The molecule has 21 heavy (non-hydrogen) atoms. The van der Waals surface area contributed by atoms with Gasteiger partial charge in [-0.05, 0) is 60.3 Å². The molecule has 0 atom stereocenters. The van der Waals surface area contributed by atoms with Crippen LogP contribution in [0.2, 0.25) is 0 Å². The van der Waals surface area contributed by atoms with Gasteiger partial charge in [0.25, 0.3) is 0 Å². The van der Waals surface area contributed by atoms with Gasteiger partial charge in [-0.25, -0.2) is 0 Å². The molecule has 0 aromatic carbocycles. The van der Waals surface area contributed by atoms with E-state index in [1.54, 1.807) is 0 Å². The Balaban J connectivity index is 2.25. The Bertz CT molecular complexity index is 319. The predicted molar refractivity (Wildman–Crippen MR) is 88.3 cm³/mol. The van der Waals surface area contributed by atoms with Crippen molar-refractivity contribution in [3.8, 4) is 0 Å². The second-order valence-corrected chi connectivity index (χ2v) is 7.32. The van der Waals surface area contributed by atoms with Gasteiger partial charge in [0, 0.05) is 38.1 Å². The Kier molecular flexibility index (Phi) is 7.10. The van der Waals surface area contributed by atoms with Gasteiger partial charge in [-0.15, -0.1) is 0 Å². The highest BCUT2D eigenvalue weighted by Crippen LogP contribution is 2.14. The van der Waals surface area contributed by atoms with Gasteiger partial charge in [-0.2, -0.15) is 0 Å². The molecule has 2 N–H and O–H groups in total. The van der Waals surface area contributed by atoms with Crippen molar-refractivity contribution in [2.24, 2.45) is 5.73 Å². The largest absolute Gasteiger partial charge is 0.344 e. The van der Waals surface area contributed by atoms with Crippen molar-refractivity contribution in [1.29, 1.82) is 0 Å². The van der Waals surface area contributed by atoms with Crippen molar-refractivity contribution < 1.29 is 4.79 Å². The van der Waals surface area contributed by atoms with Crippen LogP contribution in [0.25, 0.3) is 0 Å². The Morgan fingerprint density at radius 3 is 2.33 bits per heavy atom. The summed E-state index contributed by atoms with van der Waals surface area (Å²) < 4.78 is 0. The van der Waals surface area contributed by atoms with Crippen molar-refractivity contribution in [2.45, 2.75) is 51.1 Å². The molecule has 0 unspecified atom stereocenters. The zero-order valence-corrected chi connectivity index (χ0v) is 14.6. The highest BCUT2D eigenvalue weighted by Gasteiger charge is 2.21. The van der Waals surface area contributed by atoms with Crippen LogP contribution in [0.4, 0.5) is 0 Å². The van der Waals surface area contributed by atoms with Crippen molar-refractivity contribution in [3.05, 3.63) is 0 Å². The molecule has 5 nitrogen and oxygen atoms in total. The maximum absolute atomic E-state index is 12.1. The minimum Gasteiger partial charge on any atom is -0.344 e. The highest BCUT2D eigenvalue weighted by atomic mass is 16.2. The molecular weight excluding hydrogens is 264 g/mol. The van der Waals surface area contributed by atoms with Gasteiger partial charge in [0.15, 0.2) is 0 Å². The SMILES string of the molecule is CN1CCC(N(C)CCN(C)C(=O)CCC(C)(C)N)CC1. The Morgan fingerprint density at radius 2 is 1.81 bits per heavy atom. The number of likely N-dealkylation sites (N-methyl/N-ethyl adjacent to an activating group) is 2. The number of carbonyl (C=O) groups excluding carboxylic acids is 1. The Labute approximate surface area is 130 Å². The second kappa shape index (κ2) is 8.11. The van der Waals surface area contributed by atoms with E-state index in [2.05, 4.69) is 23.9 Å². The number of nitrogens with zero attached hydrogens (tertiary/aromatic N) is 3. The smallest absolute Gasteiger partial charge is 0.222 e. The van der Waals surface area contributed by atoms with Gasteiger partial charge in [0.1, 0.15) is 0 Å². The first kappa shape index (κ1) is 18.4. The molecule has 1 saturated heterocycles. The number of likely N-dealkylation sites (tertiary alicyclic amines) is 1. The zero-order valence-electron chi connectivity index (χ0n) is 14.6. The predicted octanol–water partition coefficient (Wildman–Crippen LogP) is 0.988. The average Bonchev–Trinajstić information content (AvgIpc) is 2.41. The number of amides is 1. The minimum absolute atomic E-state index is 0.199. The summed E-state index contributed by atoms with van der Waals surface area (Å²) in [5, 5.41) is 0. The molecule has 1 fully saturated rings.